The van der Waals surface area contributed by atoms with Gasteiger partial charge in [-0.3, -0.25) is 4.79 Å². The Labute approximate surface area is 141 Å². The maximum absolute atomic E-state index is 13.6. The number of methoxy groups -OCH3 is 1. The highest BCUT2D eigenvalue weighted by molar-refractivity contribution is 5.94. The summed E-state index contributed by atoms with van der Waals surface area (Å²) in [6.45, 7) is 2.70. The van der Waals surface area contributed by atoms with Crippen molar-refractivity contribution < 1.29 is 13.9 Å². The van der Waals surface area contributed by atoms with Crippen LogP contribution in [0, 0.1) is 12.7 Å². The van der Waals surface area contributed by atoms with E-state index in [-0.39, 0.29) is 18.3 Å². The second kappa shape index (κ2) is 6.91. The van der Waals surface area contributed by atoms with E-state index in [9.17, 15) is 9.18 Å². The van der Waals surface area contributed by atoms with E-state index in [1.54, 1.807) is 26.2 Å². The average molecular weight is 328 g/mol. The van der Waals surface area contributed by atoms with Crippen LogP contribution < -0.4 is 15.0 Å². The fraction of sp³-hybridized carbons (Fsp3) is 0.316. The lowest BCUT2D eigenvalue weighted by Gasteiger charge is -2.32. The molecule has 0 saturated heterocycles. The molecule has 2 aromatic rings. The summed E-state index contributed by atoms with van der Waals surface area (Å²) in [5.41, 5.74) is 3.20. The van der Waals surface area contributed by atoms with Crippen LogP contribution in [0.5, 0.6) is 5.75 Å². The molecule has 1 amide bonds. The zero-order valence-electron chi connectivity index (χ0n) is 13.9. The molecule has 1 heterocycles. The minimum Gasteiger partial charge on any atom is -0.495 e. The second-order valence-electron chi connectivity index (χ2n) is 6.01. The Balaban J connectivity index is 1.75. The topological polar surface area (TPSA) is 41.6 Å². The van der Waals surface area contributed by atoms with Crippen molar-refractivity contribution in [1.29, 1.82) is 0 Å². The zero-order valence-corrected chi connectivity index (χ0v) is 13.9. The number of nitrogens with zero attached hydrogens (tertiary/aromatic N) is 1. The number of carbonyl (C=O) groups excluding carboxylic acids is 1. The number of hydrogen-bond acceptors (Lipinski definition) is 3. The Bertz CT molecular complexity index is 747. The highest BCUT2D eigenvalue weighted by Gasteiger charge is 2.22. The Morgan fingerprint density at radius 2 is 2.17 bits per heavy atom. The first-order valence-electron chi connectivity index (χ1n) is 8.05. The molecule has 0 bridgehead atoms. The summed E-state index contributed by atoms with van der Waals surface area (Å²) >= 11 is 0. The van der Waals surface area contributed by atoms with Crippen molar-refractivity contribution in [3.63, 3.8) is 0 Å². The van der Waals surface area contributed by atoms with E-state index in [0.29, 0.717) is 11.3 Å². The minimum absolute atomic E-state index is 0.169. The first-order chi connectivity index (χ1) is 11.6. The monoisotopic (exact) mass is 328 g/mol. The number of ether oxygens (including phenoxy) is 1. The number of para-hydroxylation sites is 1. The van der Waals surface area contributed by atoms with Gasteiger partial charge in [-0.1, -0.05) is 18.2 Å². The molecule has 126 valence electrons. The van der Waals surface area contributed by atoms with Gasteiger partial charge in [0.1, 0.15) is 11.6 Å². The van der Waals surface area contributed by atoms with Crippen LogP contribution in [-0.2, 0) is 11.2 Å². The van der Waals surface area contributed by atoms with Crippen LogP contribution in [-0.4, -0.2) is 26.1 Å². The predicted molar refractivity (Wildman–Crippen MR) is 93.3 cm³/mol. The maximum Gasteiger partial charge on any atom is 0.243 e. The number of benzene rings is 2. The van der Waals surface area contributed by atoms with Crippen molar-refractivity contribution in [3.8, 4) is 5.75 Å². The molecule has 1 N–H and O–H groups in total. The van der Waals surface area contributed by atoms with Crippen molar-refractivity contribution in [2.45, 2.75) is 19.8 Å². The molecule has 0 saturated carbocycles. The molecule has 0 aromatic heterocycles. The third-order valence-corrected chi connectivity index (χ3v) is 4.28. The molecule has 4 nitrogen and oxygen atoms in total. The lowest BCUT2D eigenvalue weighted by molar-refractivity contribution is -0.115. The standard InChI is InChI=1S/C19H21FN2O2/c1-13-8-9-15(11-16(13)20)21-18(23)12-22-10-4-6-14-5-3-7-17(24-2)19(14)22/h3,5,7-9,11H,4,6,10,12H2,1-2H3,(H,21,23). The zero-order chi connectivity index (χ0) is 17.1. The van der Waals surface area contributed by atoms with Gasteiger partial charge in [0.2, 0.25) is 5.91 Å². The van der Waals surface area contributed by atoms with Crippen molar-refractivity contribution in [3.05, 3.63) is 53.3 Å². The molecule has 3 rings (SSSR count). The van der Waals surface area contributed by atoms with Gasteiger partial charge in [-0.05, 0) is 49.1 Å². The number of halogens is 1. The van der Waals surface area contributed by atoms with E-state index >= 15 is 0 Å². The van der Waals surface area contributed by atoms with Gasteiger partial charge >= 0.3 is 0 Å². The number of anilines is 2. The van der Waals surface area contributed by atoms with Crippen molar-refractivity contribution in [1.82, 2.24) is 0 Å². The van der Waals surface area contributed by atoms with E-state index in [0.717, 1.165) is 30.8 Å². The van der Waals surface area contributed by atoms with Gasteiger partial charge < -0.3 is 15.0 Å². The Hall–Kier alpha value is -2.56. The van der Waals surface area contributed by atoms with E-state index < -0.39 is 0 Å². The number of amides is 1. The quantitative estimate of drug-likeness (QED) is 0.933. The van der Waals surface area contributed by atoms with Gasteiger partial charge in [0.25, 0.3) is 0 Å². The van der Waals surface area contributed by atoms with Crippen molar-refractivity contribution >= 4 is 17.3 Å². The predicted octanol–water partition coefficient (Wildman–Crippen LogP) is 3.53. The molecule has 1 aliphatic heterocycles. The van der Waals surface area contributed by atoms with Gasteiger partial charge in [-0.15, -0.1) is 0 Å². The molecule has 2 aromatic carbocycles. The van der Waals surface area contributed by atoms with E-state index in [4.69, 9.17) is 4.74 Å². The normalized spacial score (nSPS) is 13.4. The van der Waals surface area contributed by atoms with Gasteiger partial charge in [0, 0.05) is 12.2 Å². The van der Waals surface area contributed by atoms with Crippen LogP contribution in [0.25, 0.3) is 0 Å². The van der Waals surface area contributed by atoms with E-state index in [1.807, 2.05) is 17.0 Å². The van der Waals surface area contributed by atoms with Crippen LogP contribution in [0.1, 0.15) is 17.5 Å². The first-order valence-corrected chi connectivity index (χ1v) is 8.05. The van der Waals surface area contributed by atoms with E-state index in [2.05, 4.69) is 11.4 Å². The first kappa shape index (κ1) is 16.3. The maximum atomic E-state index is 13.6. The summed E-state index contributed by atoms with van der Waals surface area (Å²) in [6, 6.07) is 10.7. The fourth-order valence-electron chi connectivity index (χ4n) is 3.07. The number of aryl methyl sites for hydroxylation is 2. The molecule has 0 aliphatic carbocycles. The highest BCUT2D eigenvalue weighted by Crippen LogP contribution is 2.35. The summed E-state index contributed by atoms with van der Waals surface area (Å²) in [5, 5.41) is 2.76. The Kier molecular flexibility index (Phi) is 4.69. The van der Waals surface area contributed by atoms with Gasteiger partial charge in [-0.2, -0.15) is 0 Å². The molecule has 0 atom stereocenters. The molecule has 0 fully saturated rings. The van der Waals surface area contributed by atoms with Crippen LogP contribution in [0.2, 0.25) is 0 Å². The smallest absolute Gasteiger partial charge is 0.243 e. The summed E-state index contributed by atoms with van der Waals surface area (Å²) in [5.74, 6) is 0.288. The summed E-state index contributed by atoms with van der Waals surface area (Å²) in [4.78, 5) is 14.4. The molecular weight excluding hydrogens is 307 g/mol. The number of hydrogen-bond donors (Lipinski definition) is 1. The highest BCUT2D eigenvalue weighted by atomic mass is 19.1. The second-order valence-corrected chi connectivity index (χ2v) is 6.01. The SMILES string of the molecule is COc1cccc2c1N(CC(=O)Nc1ccc(C)c(F)c1)CCC2. The Morgan fingerprint density at radius 1 is 1.33 bits per heavy atom. The lowest BCUT2D eigenvalue weighted by Crippen LogP contribution is -2.37. The molecule has 0 radical (unpaired) electrons. The molecular formula is C19H21FN2O2. The summed E-state index contributed by atoms with van der Waals surface area (Å²) in [7, 11) is 1.64. The van der Waals surface area contributed by atoms with Crippen LogP contribution >= 0.6 is 0 Å². The summed E-state index contributed by atoms with van der Waals surface area (Å²) < 4.78 is 19.1. The minimum atomic E-state index is -0.321. The van der Waals surface area contributed by atoms with Gasteiger partial charge in [0.15, 0.2) is 0 Å². The van der Waals surface area contributed by atoms with Gasteiger partial charge in [-0.25, -0.2) is 4.39 Å². The summed E-state index contributed by atoms with van der Waals surface area (Å²) in [6.07, 6.45) is 1.97. The number of carbonyl (C=O) groups is 1. The molecule has 0 unspecified atom stereocenters. The molecule has 24 heavy (non-hydrogen) atoms. The van der Waals surface area contributed by atoms with Crippen molar-refractivity contribution in [2.75, 3.05) is 30.4 Å². The third kappa shape index (κ3) is 3.35. The molecule has 5 heteroatoms. The fourth-order valence-corrected chi connectivity index (χ4v) is 3.07. The van der Waals surface area contributed by atoms with Crippen LogP contribution in [0.4, 0.5) is 15.8 Å². The van der Waals surface area contributed by atoms with Crippen LogP contribution in [0.3, 0.4) is 0 Å². The number of nitrogens with one attached hydrogen (secondary N) is 1. The number of rotatable bonds is 4. The lowest BCUT2D eigenvalue weighted by atomic mass is 10.0. The number of fused-ring (bicyclic) bond motifs is 1. The average Bonchev–Trinajstić information content (AvgIpc) is 2.58. The van der Waals surface area contributed by atoms with Gasteiger partial charge in [0.05, 0.1) is 19.3 Å². The third-order valence-electron chi connectivity index (χ3n) is 4.28. The largest absolute Gasteiger partial charge is 0.495 e. The molecule has 1 aliphatic rings. The molecule has 0 spiro atoms. The van der Waals surface area contributed by atoms with Crippen LogP contribution in [0.15, 0.2) is 36.4 Å². The van der Waals surface area contributed by atoms with Crippen molar-refractivity contribution in [2.24, 2.45) is 0 Å². The Morgan fingerprint density at radius 3 is 2.92 bits per heavy atom. The van der Waals surface area contributed by atoms with E-state index in [1.165, 1.54) is 11.6 Å².